The van der Waals surface area contributed by atoms with Crippen LogP contribution in [0.5, 0.6) is 0 Å². The highest BCUT2D eigenvalue weighted by atomic mass is 16.2. The lowest BCUT2D eigenvalue weighted by molar-refractivity contribution is -0.136. The van der Waals surface area contributed by atoms with Crippen LogP contribution >= 0.6 is 0 Å². The van der Waals surface area contributed by atoms with Gasteiger partial charge in [0.2, 0.25) is 5.78 Å². The number of amides is 1. The number of hydrogen-bond acceptors (Lipinski definition) is 2. The second kappa shape index (κ2) is 4.06. The highest BCUT2D eigenvalue weighted by molar-refractivity contribution is 6.35. The van der Waals surface area contributed by atoms with Gasteiger partial charge in [0.25, 0.3) is 5.91 Å². The van der Waals surface area contributed by atoms with Gasteiger partial charge in [-0.2, -0.15) is 0 Å². The predicted molar refractivity (Wildman–Crippen MR) is 33.7 cm³/mol. The summed E-state index contributed by atoms with van der Waals surface area (Å²) in [6.45, 7) is 1.95. The van der Waals surface area contributed by atoms with Gasteiger partial charge < -0.3 is 5.73 Å². The number of carbonyl (C=O) groups excluding carboxylic acids is 2. The molecule has 2 N–H and O–H groups in total. The molecule has 52 valence electrons. The van der Waals surface area contributed by atoms with Gasteiger partial charge in [-0.15, -0.1) is 0 Å². The van der Waals surface area contributed by atoms with Gasteiger partial charge in [-0.25, -0.2) is 0 Å². The van der Waals surface area contributed by atoms with Gasteiger partial charge in [0.1, 0.15) is 0 Å². The van der Waals surface area contributed by atoms with Crippen LogP contribution in [0.25, 0.3) is 0 Å². The molecule has 0 saturated carbocycles. The molecular weight excluding hydrogens is 118 g/mol. The van der Waals surface area contributed by atoms with Gasteiger partial charge >= 0.3 is 0 Å². The van der Waals surface area contributed by atoms with E-state index in [-0.39, 0.29) is 0 Å². The first-order valence-corrected chi connectivity index (χ1v) is 3.01. The Morgan fingerprint density at radius 2 is 2.00 bits per heavy atom. The molecule has 0 aliphatic heterocycles. The number of primary amides is 1. The number of rotatable bonds is 4. The highest BCUT2D eigenvalue weighted by Crippen LogP contribution is 1.93. The maximum atomic E-state index is 10.4. The van der Waals surface area contributed by atoms with Crippen LogP contribution in [0.3, 0.4) is 0 Å². The molecular formula is C6H11NO2. The van der Waals surface area contributed by atoms with Crippen LogP contribution in [-0.2, 0) is 9.59 Å². The standard InChI is InChI=1S/C6H11NO2/c1-2-3-4-5(8)6(7)9/h2-4H2,1H3,(H2,7,9). The molecule has 3 nitrogen and oxygen atoms in total. The van der Waals surface area contributed by atoms with Gasteiger partial charge in [-0.1, -0.05) is 13.3 Å². The van der Waals surface area contributed by atoms with Crippen molar-refractivity contribution in [3.8, 4) is 0 Å². The molecule has 0 aromatic rings. The summed E-state index contributed by atoms with van der Waals surface area (Å²) in [5, 5.41) is 0. The van der Waals surface area contributed by atoms with Crippen LogP contribution < -0.4 is 5.73 Å². The minimum absolute atomic E-state index is 0.297. The Morgan fingerprint density at radius 1 is 1.44 bits per heavy atom. The molecule has 1 amide bonds. The molecule has 3 heteroatoms. The lowest BCUT2D eigenvalue weighted by Crippen LogP contribution is -2.22. The first-order chi connectivity index (χ1) is 4.18. The molecule has 0 heterocycles. The lowest BCUT2D eigenvalue weighted by atomic mass is 10.2. The monoisotopic (exact) mass is 129 g/mol. The van der Waals surface area contributed by atoms with Gasteiger partial charge in [0.15, 0.2) is 0 Å². The zero-order valence-electron chi connectivity index (χ0n) is 5.52. The van der Waals surface area contributed by atoms with Crippen LogP contribution in [0.15, 0.2) is 0 Å². The smallest absolute Gasteiger partial charge is 0.284 e. The highest BCUT2D eigenvalue weighted by Gasteiger charge is 2.05. The SMILES string of the molecule is CCCCC(=O)C(N)=O. The largest absolute Gasteiger partial charge is 0.363 e. The Balaban J connectivity index is 3.39. The van der Waals surface area contributed by atoms with Crippen molar-refractivity contribution in [2.24, 2.45) is 5.73 Å². The van der Waals surface area contributed by atoms with Gasteiger partial charge in [-0.05, 0) is 6.42 Å². The molecule has 0 unspecified atom stereocenters. The number of carbonyl (C=O) groups is 2. The number of Topliss-reactive ketones (excluding diaryl/α,β-unsaturated/α-hetero) is 1. The number of nitrogens with two attached hydrogens (primary N) is 1. The van der Waals surface area contributed by atoms with E-state index in [1.54, 1.807) is 0 Å². The minimum Gasteiger partial charge on any atom is -0.363 e. The van der Waals surface area contributed by atoms with Crippen molar-refractivity contribution in [3.63, 3.8) is 0 Å². The van der Waals surface area contributed by atoms with E-state index in [9.17, 15) is 9.59 Å². The number of ketones is 1. The fourth-order valence-electron chi connectivity index (χ4n) is 0.461. The fraction of sp³-hybridized carbons (Fsp3) is 0.667. The average molecular weight is 129 g/mol. The molecule has 0 rings (SSSR count). The van der Waals surface area contributed by atoms with Crippen molar-refractivity contribution >= 4 is 11.7 Å². The van der Waals surface area contributed by atoms with Crippen molar-refractivity contribution < 1.29 is 9.59 Å². The van der Waals surface area contributed by atoms with Crippen LogP contribution in [0, 0.1) is 0 Å². The Labute approximate surface area is 54.2 Å². The molecule has 0 aromatic heterocycles. The molecule has 0 aliphatic rings. The number of hydrogen-bond donors (Lipinski definition) is 1. The molecule has 0 bridgehead atoms. The van der Waals surface area contributed by atoms with Crippen molar-refractivity contribution in [1.29, 1.82) is 0 Å². The normalized spacial score (nSPS) is 9.00. The Morgan fingerprint density at radius 3 is 2.33 bits per heavy atom. The third-order valence-corrected chi connectivity index (χ3v) is 1.03. The van der Waals surface area contributed by atoms with Gasteiger partial charge in [0.05, 0.1) is 0 Å². The van der Waals surface area contributed by atoms with E-state index < -0.39 is 11.7 Å². The van der Waals surface area contributed by atoms with E-state index in [0.717, 1.165) is 12.8 Å². The second-order valence-electron chi connectivity index (χ2n) is 1.89. The third-order valence-electron chi connectivity index (χ3n) is 1.03. The fourth-order valence-corrected chi connectivity index (χ4v) is 0.461. The van der Waals surface area contributed by atoms with E-state index in [0.29, 0.717) is 6.42 Å². The lowest BCUT2D eigenvalue weighted by Gasteiger charge is -1.90. The van der Waals surface area contributed by atoms with Crippen molar-refractivity contribution in [1.82, 2.24) is 0 Å². The first-order valence-electron chi connectivity index (χ1n) is 3.01. The molecule has 0 atom stereocenters. The van der Waals surface area contributed by atoms with Crippen LogP contribution in [0.2, 0.25) is 0 Å². The summed E-state index contributed by atoms with van der Waals surface area (Å²) in [5.74, 6) is -1.28. The van der Waals surface area contributed by atoms with Crippen LogP contribution in [-0.4, -0.2) is 11.7 Å². The summed E-state index contributed by atoms with van der Waals surface area (Å²) in [5.41, 5.74) is 4.69. The molecule has 0 aromatic carbocycles. The summed E-state index contributed by atoms with van der Waals surface area (Å²) >= 11 is 0. The topological polar surface area (TPSA) is 60.2 Å². The van der Waals surface area contributed by atoms with Gasteiger partial charge in [0, 0.05) is 6.42 Å². The van der Waals surface area contributed by atoms with Crippen molar-refractivity contribution in [2.75, 3.05) is 0 Å². The zero-order chi connectivity index (χ0) is 7.28. The van der Waals surface area contributed by atoms with E-state index >= 15 is 0 Å². The summed E-state index contributed by atoms with van der Waals surface area (Å²) in [7, 11) is 0. The predicted octanol–water partition coefficient (Wildman–Crippen LogP) is 0.231. The maximum absolute atomic E-state index is 10.4. The maximum Gasteiger partial charge on any atom is 0.284 e. The molecule has 0 saturated heterocycles. The molecule has 0 spiro atoms. The van der Waals surface area contributed by atoms with Crippen LogP contribution in [0.1, 0.15) is 26.2 Å². The molecule has 0 fully saturated rings. The van der Waals surface area contributed by atoms with Crippen LogP contribution in [0.4, 0.5) is 0 Å². The summed E-state index contributed by atoms with van der Waals surface area (Å²) in [4.78, 5) is 20.5. The van der Waals surface area contributed by atoms with E-state index in [2.05, 4.69) is 5.73 Å². The summed E-state index contributed by atoms with van der Waals surface area (Å²) in [6.07, 6.45) is 1.96. The average Bonchev–Trinajstić information content (AvgIpc) is 1.82. The summed E-state index contributed by atoms with van der Waals surface area (Å²) < 4.78 is 0. The Hall–Kier alpha value is -0.860. The summed E-state index contributed by atoms with van der Waals surface area (Å²) in [6, 6.07) is 0. The first kappa shape index (κ1) is 8.14. The van der Waals surface area contributed by atoms with E-state index in [1.807, 2.05) is 6.92 Å². The van der Waals surface area contributed by atoms with Gasteiger partial charge in [-0.3, -0.25) is 9.59 Å². The third kappa shape index (κ3) is 3.70. The zero-order valence-corrected chi connectivity index (χ0v) is 5.52. The van der Waals surface area contributed by atoms with Crippen molar-refractivity contribution in [3.05, 3.63) is 0 Å². The van der Waals surface area contributed by atoms with Crippen molar-refractivity contribution in [2.45, 2.75) is 26.2 Å². The van der Waals surface area contributed by atoms with E-state index in [1.165, 1.54) is 0 Å². The second-order valence-corrected chi connectivity index (χ2v) is 1.89. The quantitative estimate of drug-likeness (QED) is 0.552. The van der Waals surface area contributed by atoms with E-state index in [4.69, 9.17) is 0 Å². The molecule has 9 heavy (non-hydrogen) atoms. The molecule has 0 aliphatic carbocycles. The molecule has 0 radical (unpaired) electrons. The Kier molecular flexibility index (Phi) is 3.67. The minimum atomic E-state index is -0.816. The Bertz CT molecular complexity index is 120. The number of unbranched alkanes of at least 4 members (excludes halogenated alkanes) is 1.